The Morgan fingerprint density at radius 3 is 2.63 bits per heavy atom. The Morgan fingerprint density at radius 1 is 1.16 bits per heavy atom. The molecule has 0 aliphatic rings. The SMILES string of the molecule is CNC(Cc1cc(Cl)ccc1Cl)c1cccc(Br)c1. The first kappa shape index (κ1) is 14.9. The number of nitrogens with one attached hydrogen (secondary N) is 1. The summed E-state index contributed by atoms with van der Waals surface area (Å²) in [5.74, 6) is 0. The third-order valence-corrected chi connectivity index (χ3v) is 4.13. The number of hydrogen-bond acceptors (Lipinski definition) is 1. The zero-order valence-electron chi connectivity index (χ0n) is 10.5. The molecule has 4 heteroatoms. The Morgan fingerprint density at radius 2 is 1.95 bits per heavy atom. The van der Waals surface area contributed by atoms with Crippen LogP contribution in [0.15, 0.2) is 46.9 Å². The molecule has 0 aromatic heterocycles. The maximum Gasteiger partial charge on any atom is 0.0439 e. The van der Waals surface area contributed by atoms with Gasteiger partial charge in [-0.05, 0) is 54.9 Å². The van der Waals surface area contributed by atoms with Crippen LogP contribution in [0.1, 0.15) is 17.2 Å². The van der Waals surface area contributed by atoms with Crippen LogP contribution >= 0.6 is 39.1 Å². The molecule has 0 aliphatic carbocycles. The average molecular weight is 359 g/mol. The van der Waals surface area contributed by atoms with E-state index in [4.69, 9.17) is 23.2 Å². The number of rotatable bonds is 4. The number of halogens is 3. The first-order valence-corrected chi connectivity index (χ1v) is 7.51. The third-order valence-electron chi connectivity index (χ3n) is 3.03. The largest absolute Gasteiger partial charge is 0.313 e. The van der Waals surface area contributed by atoms with E-state index in [9.17, 15) is 0 Å². The molecule has 2 aromatic carbocycles. The molecule has 0 saturated carbocycles. The number of likely N-dealkylation sites (N-methyl/N-ethyl adjacent to an activating group) is 1. The van der Waals surface area contributed by atoms with E-state index in [2.05, 4.69) is 33.4 Å². The second-order valence-corrected chi connectivity index (χ2v) is 6.10. The van der Waals surface area contributed by atoms with Gasteiger partial charge in [0.1, 0.15) is 0 Å². The van der Waals surface area contributed by atoms with Crippen molar-refractivity contribution in [2.45, 2.75) is 12.5 Å². The number of benzene rings is 2. The molecule has 1 N–H and O–H groups in total. The molecule has 0 radical (unpaired) electrons. The lowest BCUT2D eigenvalue weighted by molar-refractivity contribution is 0.592. The summed E-state index contributed by atoms with van der Waals surface area (Å²) in [5.41, 5.74) is 2.27. The Hall–Kier alpha value is -0.540. The lowest BCUT2D eigenvalue weighted by Gasteiger charge is -2.18. The second-order valence-electron chi connectivity index (χ2n) is 4.34. The number of hydrogen-bond donors (Lipinski definition) is 1. The van der Waals surface area contributed by atoms with Gasteiger partial charge in [0, 0.05) is 20.6 Å². The predicted octanol–water partition coefficient (Wildman–Crippen LogP) is 5.26. The smallest absolute Gasteiger partial charge is 0.0439 e. The van der Waals surface area contributed by atoms with Gasteiger partial charge in [0.25, 0.3) is 0 Å². The van der Waals surface area contributed by atoms with Gasteiger partial charge in [-0.25, -0.2) is 0 Å². The van der Waals surface area contributed by atoms with Gasteiger partial charge in [0.2, 0.25) is 0 Å². The summed E-state index contributed by atoms with van der Waals surface area (Å²) in [4.78, 5) is 0. The zero-order chi connectivity index (χ0) is 13.8. The van der Waals surface area contributed by atoms with E-state index in [-0.39, 0.29) is 6.04 Å². The van der Waals surface area contributed by atoms with E-state index < -0.39 is 0 Å². The Bertz CT molecular complexity index is 572. The van der Waals surface area contributed by atoms with E-state index in [0.717, 1.165) is 21.5 Å². The maximum atomic E-state index is 6.22. The highest BCUT2D eigenvalue weighted by Gasteiger charge is 2.12. The molecule has 0 heterocycles. The average Bonchev–Trinajstić information content (AvgIpc) is 2.39. The van der Waals surface area contributed by atoms with E-state index >= 15 is 0 Å². The van der Waals surface area contributed by atoms with Crippen LogP contribution in [0.5, 0.6) is 0 Å². The zero-order valence-corrected chi connectivity index (χ0v) is 13.6. The molecule has 0 fully saturated rings. The highest BCUT2D eigenvalue weighted by Crippen LogP contribution is 2.27. The van der Waals surface area contributed by atoms with Crippen LogP contribution in [0.4, 0.5) is 0 Å². The second kappa shape index (κ2) is 6.76. The first-order valence-electron chi connectivity index (χ1n) is 5.97. The van der Waals surface area contributed by atoms with Crippen LogP contribution < -0.4 is 5.32 Å². The molecule has 0 saturated heterocycles. The van der Waals surface area contributed by atoms with E-state index in [1.807, 2.05) is 31.3 Å². The fraction of sp³-hybridized carbons (Fsp3) is 0.200. The molecule has 2 rings (SSSR count). The molecule has 0 amide bonds. The summed E-state index contributed by atoms with van der Waals surface area (Å²) in [7, 11) is 1.95. The fourth-order valence-corrected chi connectivity index (χ4v) is 2.84. The molecule has 0 bridgehead atoms. The van der Waals surface area contributed by atoms with Gasteiger partial charge in [0.05, 0.1) is 0 Å². The van der Waals surface area contributed by atoms with Gasteiger partial charge in [-0.1, -0.05) is 51.3 Å². The highest BCUT2D eigenvalue weighted by molar-refractivity contribution is 9.10. The van der Waals surface area contributed by atoms with Crippen molar-refractivity contribution >= 4 is 39.1 Å². The Labute approximate surface area is 132 Å². The summed E-state index contributed by atoms with van der Waals surface area (Å²) in [6, 6.07) is 14.0. The lowest BCUT2D eigenvalue weighted by atomic mass is 9.99. The van der Waals surface area contributed by atoms with Crippen LogP contribution in [0.3, 0.4) is 0 Å². The van der Waals surface area contributed by atoms with Crippen LogP contribution in [0.2, 0.25) is 10.0 Å². The van der Waals surface area contributed by atoms with Crippen molar-refractivity contribution in [2.75, 3.05) is 7.05 Å². The molecule has 0 aliphatic heterocycles. The van der Waals surface area contributed by atoms with E-state index in [1.54, 1.807) is 6.07 Å². The van der Waals surface area contributed by atoms with Crippen molar-refractivity contribution in [3.8, 4) is 0 Å². The molecule has 1 nitrogen and oxygen atoms in total. The van der Waals surface area contributed by atoms with Crippen LogP contribution in [-0.2, 0) is 6.42 Å². The fourth-order valence-electron chi connectivity index (χ4n) is 2.03. The monoisotopic (exact) mass is 357 g/mol. The van der Waals surface area contributed by atoms with Crippen molar-refractivity contribution in [1.82, 2.24) is 5.32 Å². The molecule has 19 heavy (non-hydrogen) atoms. The van der Waals surface area contributed by atoms with Crippen molar-refractivity contribution in [3.63, 3.8) is 0 Å². The Kier molecular flexibility index (Phi) is 5.28. The van der Waals surface area contributed by atoms with E-state index in [0.29, 0.717) is 5.02 Å². The topological polar surface area (TPSA) is 12.0 Å². The molecule has 0 spiro atoms. The molecular weight excluding hydrogens is 345 g/mol. The normalized spacial score (nSPS) is 12.4. The lowest BCUT2D eigenvalue weighted by Crippen LogP contribution is -2.19. The summed E-state index contributed by atoms with van der Waals surface area (Å²) in [6.45, 7) is 0. The van der Waals surface area contributed by atoms with Crippen molar-refractivity contribution in [3.05, 3.63) is 68.1 Å². The van der Waals surface area contributed by atoms with Gasteiger partial charge >= 0.3 is 0 Å². The van der Waals surface area contributed by atoms with Gasteiger partial charge in [0.15, 0.2) is 0 Å². The summed E-state index contributed by atoms with van der Waals surface area (Å²) in [6.07, 6.45) is 0.798. The standard InChI is InChI=1S/C15H14BrCl2N/c1-19-15(10-3-2-4-12(16)7-10)9-11-8-13(17)5-6-14(11)18/h2-8,15,19H,9H2,1H3. The molecule has 100 valence electrons. The van der Waals surface area contributed by atoms with Crippen molar-refractivity contribution in [2.24, 2.45) is 0 Å². The maximum absolute atomic E-state index is 6.22. The molecule has 2 aromatic rings. The highest BCUT2D eigenvalue weighted by atomic mass is 79.9. The van der Waals surface area contributed by atoms with Gasteiger partial charge in [-0.3, -0.25) is 0 Å². The van der Waals surface area contributed by atoms with E-state index in [1.165, 1.54) is 5.56 Å². The van der Waals surface area contributed by atoms with Crippen LogP contribution in [-0.4, -0.2) is 7.05 Å². The minimum absolute atomic E-state index is 0.202. The van der Waals surface area contributed by atoms with Gasteiger partial charge in [-0.2, -0.15) is 0 Å². The minimum Gasteiger partial charge on any atom is -0.313 e. The summed E-state index contributed by atoms with van der Waals surface area (Å²) < 4.78 is 1.07. The van der Waals surface area contributed by atoms with Crippen LogP contribution in [0.25, 0.3) is 0 Å². The molecular formula is C15H14BrCl2N. The minimum atomic E-state index is 0.202. The first-order chi connectivity index (χ1) is 9.10. The van der Waals surface area contributed by atoms with Crippen LogP contribution in [0, 0.1) is 0 Å². The van der Waals surface area contributed by atoms with Crippen molar-refractivity contribution in [1.29, 1.82) is 0 Å². The van der Waals surface area contributed by atoms with Crippen molar-refractivity contribution < 1.29 is 0 Å². The Balaban J connectivity index is 2.26. The predicted molar refractivity (Wildman–Crippen MR) is 86.1 cm³/mol. The quantitative estimate of drug-likeness (QED) is 0.786. The van der Waals surface area contributed by atoms with Gasteiger partial charge in [-0.15, -0.1) is 0 Å². The molecule has 1 unspecified atom stereocenters. The third kappa shape index (κ3) is 3.96. The molecule has 1 atom stereocenters. The summed E-state index contributed by atoms with van der Waals surface area (Å²) >= 11 is 15.7. The summed E-state index contributed by atoms with van der Waals surface area (Å²) in [5, 5.41) is 4.78. The van der Waals surface area contributed by atoms with Gasteiger partial charge < -0.3 is 5.32 Å².